The van der Waals surface area contributed by atoms with Gasteiger partial charge in [-0.1, -0.05) is 0 Å². The normalized spacial score (nSPS) is 36.9. The number of carbonyl (C=O) groups excluding carboxylic acids is 2. The van der Waals surface area contributed by atoms with Crippen molar-refractivity contribution in [2.75, 3.05) is 12.9 Å². The highest BCUT2D eigenvalue weighted by atomic mass is 32.2. The highest BCUT2D eigenvalue weighted by molar-refractivity contribution is 8.00. The first kappa shape index (κ1) is 8.83. The Hall–Kier alpha value is -0.750. The highest BCUT2D eigenvalue weighted by Gasteiger charge is 2.55. The SMILES string of the molecule is COC(=O)[C@H]1CS[C@@H]2[C@H](N)C(=O)N12. The minimum absolute atomic E-state index is 0.0170. The molecule has 0 aromatic rings. The molecule has 2 rings (SSSR count). The Balaban J connectivity index is 2.11. The average Bonchev–Trinajstić information content (AvgIpc) is 2.56. The largest absolute Gasteiger partial charge is 0.467 e. The zero-order valence-corrected chi connectivity index (χ0v) is 7.91. The fraction of sp³-hybridized carbons (Fsp3) is 0.714. The van der Waals surface area contributed by atoms with E-state index >= 15 is 0 Å². The van der Waals surface area contributed by atoms with Crippen molar-refractivity contribution in [2.24, 2.45) is 5.73 Å². The van der Waals surface area contributed by atoms with Crippen molar-refractivity contribution in [3.63, 3.8) is 0 Å². The van der Waals surface area contributed by atoms with Crippen LogP contribution in [-0.2, 0) is 14.3 Å². The lowest BCUT2D eigenvalue weighted by Crippen LogP contribution is -2.68. The molecular weight excluding hydrogens is 192 g/mol. The summed E-state index contributed by atoms with van der Waals surface area (Å²) in [5, 5.41) is -0.0170. The Morgan fingerprint density at radius 3 is 3.08 bits per heavy atom. The smallest absolute Gasteiger partial charge is 0.329 e. The second-order valence-corrected chi connectivity index (χ2v) is 4.18. The first-order valence-electron chi connectivity index (χ1n) is 3.94. The zero-order valence-electron chi connectivity index (χ0n) is 7.10. The maximum atomic E-state index is 11.3. The first-order valence-corrected chi connectivity index (χ1v) is 4.99. The van der Waals surface area contributed by atoms with Gasteiger partial charge in [0, 0.05) is 5.75 Å². The second-order valence-electron chi connectivity index (χ2n) is 3.03. The molecule has 2 saturated heterocycles. The summed E-state index contributed by atoms with van der Waals surface area (Å²) in [5.41, 5.74) is 5.55. The van der Waals surface area contributed by atoms with Gasteiger partial charge in [0.1, 0.15) is 17.5 Å². The van der Waals surface area contributed by atoms with Gasteiger partial charge in [-0.15, -0.1) is 11.8 Å². The molecule has 2 aliphatic rings. The quantitative estimate of drug-likeness (QED) is 0.426. The van der Waals surface area contributed by atoms with Gasteiger partial charge in [0.2, 0.25) is 5.91 Å². The summed E-state index contributed by atoms with van der Waals surface area (Å²) in [5.74, 6) is 0.0946. The molecule has 0 bridgehead atoms. The molecule has 2 fully saturated rings. The number of rotatable bonds is 1. The summed E-state index contributed by atoms with van der Waals surface area (Å²) in [7, 11) is 1.32. The first-order chi connectivity index (χ1) is 6.16. The van der Waals surface area contributed by atoms with Crippen LogP contribution in [0.2, 0.25) is 0 Å². The van der Waals surface area contributed by atoms with E-state index in [-0.39, 0.29) is 17.3 Å². The number of hydrogen-bond acceptors (Lipinski definition) is 5. The molecule has 0 saturated carbocycles. The van der Waals surface area contributed by atoms with Gasteiger partial charge in [0.15, 0.2) is 0 Å². The Morgan fingerprint density at radius 1 is 1.77 bits per heavy atom. The van der Waals surface area contributed by atoms with Crippen LogP contribution in [0, 0.1) is 0 Å². The third-order valence-corrected chi connectivity index (χ3v) is 3.72. The molecule has 0 spiro atoms. The van der Waals surface area contributed by atoms with Crippen LogP contribution in [0.5, 0.6) is 0 Å². The minimum atomic E-state index is -0.431. The summed E-state index contributed by atoms with van der Waals surface area (Å²) in [6.07, 6.45) is 0. The van der Waals surface area contributed by atoms with Crippen LogP contribution in [-0.4, -0.2) is 47.1 Å². The van der Waals surface area contributed by atoms with E-state index in [1.807, 2.05) is 0 Å². The van der Waals surface area contributed by atoms with Gasteiger partial charge in [-0.3, -0.25) is 4.79 Å². The molecule has 3 atom stereocenters. The number of thioether (sulfide) groups is 1. The van der Waals surface area contributed by atoms with Crippen LogP contribution in [0.4, 0.5) is 0 Å². The monoisotopic (exact) mass is 202 g/mol. The van der Waals surface area contributed by atoms with Gasteiger partial charge in [-0.05, 0) is 0 Å². The number of fused-ring (bicyclic) bond motifs is 1. The van der Waals surface area contributed by atoms with E-state index in [4.69, 9.17) is 5.73 Å². The molecule has 0 aliphatic carbocycles. The van der Waals surface area contributed by atoms with Crippen LogP contribution in [0.1, 0.15) is 0 Å². The lowest BCUT2D eigenvalue weighted by Gasteiger charge is -2.41. The number of carbonyl (C=O) groups is 2. The van der Waals surface area contributed by atoms with E-state index in [2.05, 4.69) is 4.74 Å². The lowest BCUT2D eigenvalue weighted by molar-refractivity contribution is -0.158. The number of ether oxygens (including phenoxy) is 1. The molecule has 2 aliphatic heterocycles. The Labute approximate surface area is 79.6 Å². The lowest BCUT2D eigenvalue weighted by atomic mass is 10.1. The third kappa shape index (κ3) is 1.05. The van der Waals surface area contributed by atoms with Crippen molar-refractivity contribution >= 4 is 23.6 Å². The molecule has 0 aromatic heterocycles. The predicted octanol–water partition coefficient (Wildman–Crippen LogP) is -1.23. The second kappa shape index (κ2) is 2.88. The van der Waals surface area contributed by atoms with Gasteiger partial charge in [-0.2, -0.15) is 0 Å². The van der Waals surface area contributed by atoms with E-state index in [0.29, 0.717) is 5.75 Å². The molecular formula is C7H10N2O3S. The van der Waals surface area contributed by atoms with Crippen molar-refractivity contribution in [3.8, 4) is 0 Å². The van der Waals surface area contributed by atoms with Crippen molar-refractivity contribution in [3.05, 3.63) is 0 Å². The maximum Gasteiger partial charge on any atom is 0.329 e. The van der Waals surface area contributed by atoms with Crippen LogP contribution >= 0.6 is 11.8 Å². The van der Waals surface area contributed by atoms with Gasteiger partial charge >= 0.3 is 5.97 Å². The number of hydrogen-bond donors (Lipinski definition) is 1. The fourth-order valence-electron chi connectivity index (χ4n) is 1.61. The van der Waals surface area contributed by atoms with E-state index in [1.54, 1.807) is 0 Å². The number of β-lactam (4-membered cyclic amide) rings is 1. The van der Waals surface area contributed by atoms with Gasteiger partial charge in [0.05, 0.1) is 7.11 Å². The van der Waals surface area contributed by atoms with E-state index in [1.165, 1.54) is 23.8 Å². The minimum Gasteiger partial charge on any atom is -0.467 e. The molecule has 2 heterocycles. The molecule has 6 heteroatoms. The number of nitrogens with two attached hydrogens (primary N) is 1. The van der Waals surface area contributed by atoms with Crippen LogP contribution in [0.25, 0.3) is 0 Å². The average molecular weight is 202 g/mol. The molecule has 1 amide bonds. The van der Waals surface area contributed by atoms with Gasteiger partial charge < -0.3 is 15.4 Å². The van der Waals surface area contributed by atoms with Gasteiger partial charge in [0.25, 0.3) is 0 Å². The Bertz CT molecular complexity index is 262. The topological polar surface area (TPSA) is 72.6 Å². The standard InChI is InChI=1S/C7H10N2O3S/c1-12-7(11)3-2-13-6-4(8)5(10)9(3)6/h3-4,6H,2,8H2,1H3/t3-,4-,6-/m1/s1. The summed E-state index contributed by atoms with van der Waals surface area (Å²) < 4.78 is 4.58. The summed E-state index contributed by atoms with van der Waals surface area (Å²) in [4.78, 5) is 24.0. The fourth-order valence-corrected chi connectivity index (χ4v) is 3.02. The summed E-state index contributed by atoms with van der Waals surface area (Å²) in [6.45, 7) is 0. The Morgan fingerprint density at radius 2 is 2.46 bits per heavy atom. The van der Waals surface area contributed by atoms with E-state index < -0.39 is 12.1 Å². The summed E-state index contributed by atoms with van der Waals surface area (Å²) >= 11 is 1.54. The number of esters is 1. The molecule has 2 N–H and O–H groups in total. The Kier molecular flexibility index (Phi) is 1.96. The van der Waals surface area contributed by atoms with Crippen LogP contribution < -0.4 is 5.73 Å². The predicted molar refractivity (Wildman–Crippen MR) is 46.9 cm³/mol. The zero-order chi connectivity index (χ0) is 9.59. The number of nitrogens with zero attached hydrogens (tertiary/aromatic N) is 1. The van der Waals surface area contributed by atoms with Crippen LogP contribution in [0.3, 0.4) is 0 Å². The van der Waals surface area contributed by atoms with Crippen molar-refractivity contribution in [1.82, 2.24) is 4.90 Å². The van der Waals surface area contributed by atoms with Crippen molar-refractivity contribution < 1.29 is 14.3 Å². The summed E-state index contributed by atoms with van der Waals surface area (Å²) in [6, 6.07) is -0.855. The van der Waals surface area contributed by atoms with E-state index in [0.717, 1.165) is 0 Å². The van der Waals surface area contributed by atoms with Crippen molar-refractivity contribution in [2.45, 2.75) is 17.5 Å². The van der Waals surface area contributed by atoms with E-state index in [9.17, 15) is 9.59 Å². The third-order valence-electron chi connectivity index (χ3n) is 2.35. The molecule has 0 aromatic carbocycles. The van der Waals surface area contributed by atoms with Gasteiger partial charge in [-0.25, -0.2) is 4.79 Å². The number of amides is 1. The molecule has 0 radical (unpaired) electrons. The molecule has 0 unspecified atom stereocenters. The van der Waals surface area contributed by atoms with Crippen LogP contribution in [0.15, 0.2) is 0 Å². The number of methoxy groups -OCH3 is 1. The molecule has 5 nitrogen and oxygen atoms in total. The maximum absolute atomic E-state index is 11.3. The molecule has 72 valence electrons. The highest BCUT2D eigenvalue weighted by Crippen LogP contribution is 2.38. The van der Waals surface area contributed by atoms with Crippen molar-refractivity contribution in [1.29, 1.82) is 0 Å². The molecule has 13 heavy (non-hydrogen) atoms.